The lowest BCUT2D eigenvalue weighted by atomic mass is 10.5. The van der Waals surface area contributed by atoms with E-state index in [0.717, 1.165) is 6.20 Å². The Labute approximate surface area is 74.4 Å². The van der Waals surface area contributed by atoms with Crippen molar-refractivity contribution in [1.82, 2.24) is 4.90 Å². The molecule has 0 fully saturated rings. The van der Waals surface area contributed by atoms with Crippen LogP contribution in [-0.2, 0) is 9.53 Å². The molecule has 0 aromatic rings. The monoisotopic (exact) mass is 195 g/mol. The van der Waals surface area contributed by atoms with Crippen molar-refractivity contribution in [3.05, 3.63) is 12.0 Å². The largest absolute Gasteiger partial charge is 0.479 e. The van der Waals surface area contributed by atoms with E-state index in [9.17, 15) is 13.6 Å². The third kappa shape index (κ3) is 5.89. The van der Waals surface area contributed by atoms with Gasteiger partial charge >= 0.3 is 5.97 Å². The topological polar surface area (TPSA) is 49.8 Å². The average Bonchev–Trinajstić information content (AvgIpc) is 1.96. The van der Waals surface area contributed by atoms with E-state index < -0.39 is 24.8 Å². The molecule has 0 aliphatic carbocycles. The van der Waals surface area contributed by atoms with Crippen LogP contribution in [0.25, 0.3) is 0 Å². The number of halogens is 2. The number of hydrogen-bond donors (Lipinski definition) is 1. The van der Waals surface area contributed by atoms with Crippen molar-refractivity contribution in [1.29, 1.82) is 0 Å². The molecular weight excluding hydrogens is 184 g/mol. The highest BCUT2D eigenvalue weighted by Gasteiger charge is 2.12. The third-order valence-electron chi connectivity index (χ3n) is 0.951. The molecule has 0 aliphatic rings. The molecule has 6 heteroatoms. The van der Waals surface area contributed by atoms with Crippen LogP contribution in [0.4, 0.5) is 8.78 Å². The number of carbonyl (C=O) groups is 1. The Hall–Kier alpha value is -1.33. The van der Waals surface area contributed by atoms with Crippen LogP contribution in [-0.4, -0.2) is 43.1 Å². The van der Waals surface area contributed by atoms with Crippen LogP contribution in [0.15, 0.2) is 12.0 Å². The normalized spacial score (nSPS) is 11.6. The van der Waals surface area contributed by atoms with Crippen LogP contribution in [0.2, 0.25) is 0 Å². The molecule has 0 radical (unpaired) electrons. The average molecular weight is 195 g/mol. The van der Waals surface area contributed by atoms with Gasteiger partial charge < -0.3 is 14.7 Å². The maximum atomic E-state index is 11.6. The highest BCUT2D eigenvalue weighted by atomic mass is 19.3. The Morgan fingerprint density at radius 3 is 2.46 bits per heavy atom. The lowest BCUT2D eigenvalue weighted by Gasteiger charge is -2.09. The highest BCUT2D eigenvalue weighted by molar-refractivity contribution is 5.84. The molecule has 0 spiro atoms. The molecule has 0 aromatic heterocycles. The van der Waals surface area contributed by atoms with Crippen LogP contribution >= 0.6 is 0 Å². The molecule has 0 bridgehead atoms. The van der Waals surface area contributed by atoms with Crippen molar-refractivity contribution >= 4 is 5.97 Å². The van der Waals surface area contributed by atoms with E-state index in [1.54, 1.807) is 14.1 Å². The highest BCUT2D eigenvalue weighted by Crippen LogP contribution is 2.02. The fourth-order valence-corrected chi connectivity index (χ4v) is 0.542. The summed E-state index contributed by atoms with van der Waals surface area (Å²) in [4.78, 5) is 11.8. The summed E-state index contributed by atoms with van der Waals surface area (Å²) in [6.07, 6.45) is -1.56. The quantitative estimate of drug-likeness (QED) is 0.519. The van der Waals surface area contributed by atoms with Crippen molar-refractivity contribution in [2.75, 3.05) is 20.7 Å². The van der Waals surface area contributed by atoms with Crippen molar-refractivity contribution in [3.63, 3.8) is 0 Å². The zero-order chi connectivity index (χ0) is 10.4. The fourth-order valence-electron chi connectivity index (χ4n) is 0.542. The van der Waals surface area contributed by atoms with Crippen molar-refractivity contribution in [2.24, 2.45) is 0 Å². The lowest BCUT2D eigenvalue weighted by Crippen LogP contribution is -2.14. The predicted octanol–water partition coefficient (Wildman–Crippen LogP) is 0.756. The maximum Gasteiger partial charge on any atom is 0.372 e. The van der Waals surface area contributed by atoms with Gasteiger partial charge in [0.25, 0.3) is 6.43 Å². The summed E-state index contributed by atoms with van der Waals surface area (Å²) in [6.45, 7) is -0.911. The number of alkyl halides is 2. The third-order valence-corrected chi connectivity index (χ3v) is 0.951. The van der Waals surface area contributed by atoms with E-state index in [0.29, 0.717) is 0 Å². The molecule has 0 unspecified atom stereocenters. The number of aliphatic carboxylic acids is 1. The van der Waals surface area contributed by atoms with E-state index in [-0.39, 0.29) is 0 Å². The molecule has 0 atom stereocenters. The van der Waals surface area contributed by atoms with Gasteiger partial charge in [-0.05, 0) is 0 Å². The minimum absolute atomic E-state index is 0.495. The SMILES string of the molecule is CN(C)/C=C(\OCC(F)F)C(=O)O. The number of carboxylic acid groups (broad SMARTS) is 1. The molecule has 0 heterocycles. The lowest BCUT2D eigenvalue weighted by molar-refractivity contribution is -0.137. The van der Waals surface area contributed by atoms with E-state index in [4.69, 9.17) is 5.11 Å². The van der Waals surface area contributed by atoms with Crippen molar-refractivity contribution in [2.45, 2.75) is 6.43 Å². The molecule has 0 rings (SSSR count). The van der Waals surface area contributed by atoms with Gasteiger partial charge in [-0.15, -0.1) is 0 Å². The molecule has 0 saturated heterocycles. The van der Waals surface area contributed by atoms with E-state index in [1.807, 2.05) is 0 Å². The number of nitrogens with zero attached hydrogens (tertiary/aromatic N) is 1. The molecular formula is C7H11F2NO3. The first kappa shape index (κ1) is 11.7. The Morgan fingerprint density at radius 2 is 2.15 bits per heavy atom. The van der Waals surface area contributed by atoms with Gasteiger partial charge in [0.05, 0.1) is 0 Å². The van der Waals surface area contributed by atoms with Crippen molar-refractivity contribution < 1.29 is 23.4 Å². The van der Waals surface area contributed by atoms with Gasteiger partial charge in [0.2, 0.25) is 5.76 Å². The molecule has 0 amide bonds. The second-order valence-electron chi connectivity index (χ2n) is 2.46. The van der Waals surface area contributed by atoms with E-state index in [1.165, 1.54) is 4.90 Å². The molecule has 0 aliphatic heterocycles. The van der Waals surface area contributed by atoms with Gasteiger partial charge in [0.1, 0.15) is 6.61 Å². The van der Waals surface area contributed by atoms with Gasteiger partial charge in [-0.25, -0.2) is 13.6 Å². The van der Waals surface area contributed by atoms with E-state index >= 15 is 0 Å². The second kappa shape index (κ2) is 5.34. The first-order chi connectivity index (χ1) is 5.93. The molecule has 13 heavy (non-hydrogen) atoms. The summed E-state index contributed by atoms with van der Waals surface area (Å²) in [5.41, 5.74) is 0. The van der Waals surface area contributed by atoms with Crippen LogP contribution < -0.4 is 0 Å². The van der Waals surface area contributed by atoms with Crippen LogP contribution in [0.1, 0.15) is 0 Å². The maximum absolute atomic E-state index is 11.6. The molecule has 1 N–H and O–H groups in total. The number of rotatable bonds is 5. The Bertz CT molecular complexity index is 204. The smallest absolute Gasteiger partial charge is 0.372 e. The standard InChI is InChI=1S/C7H11F2NO3/c1-10(2)3-5(7(11)12)13-4-6(8)9/h3,6H,4H2,1-2H3,(H,11,12)/b5-3-. The Balaban J connectivity index is 4.19. The number of hydrogen-bond acceptors (Lipinski definition) is 3. The second-order valence-corrected chi connectivity index (χ2v) is 2.46. The molecule has 0 saturated carbocycles. The van der Waals surface area contributed by atoms with Gasteiger partial charge in [0, 0.05) is 20.3 Å². The van der Waals surface area contributed by atoms with Gasteiger partial charge in [-0.3, -0.25) is 0 Å². The zero-order valence-corrected chi connectivity index (χ0v) is 7.33. The molecule has 76 valence electrons. The summed E-state index contributed by atoms with van der Waals surface area (Å²) < 4.78 is 27.6. The summed E-state index contributed by atoms with van der Waals surface area (Å²) >= 11 is 0. The predicted molar refractivity (Wildman–Crippen MR) is 41.4 cm³/mol. The Morgan fingerprint density at radius 1 is 1.62 bits per heavy atom. The van der Waals surface area contributed by atoms with Gasteiger partial charge in [0.15, 0.2) is 0 Å². The summed E-state index contributed by atoms with van der Waals surface area (Å²) in [6, 6.07) is 0. The van der Waals surface area contributed by atoms with Gasteiger partial charge in [-0.1, -0.05) is 0 Å². The summed E-state index contributed by atoms with van der Waals surface area (Å²) in [5.74, 6) is -1.86. The minimum Gasteiger partial charge on any atom is -0.479 e. The molecule has 4 nitrogen and oxygen atoms in total. The summed E-state index contributed by atoms with van der Waals surface area (Å²) in [5, 5.41) is 8.47. The molecule has 0 aromatic carbocycles. The number of ether oxygens (including phenoxy) is 1. The Kier molecular flexibility index (Phi) is 4.79. The van der Waals surface area contributed by atoms with Crippen LogP contribution in [0.3, 0.4) is 0 Å². The first-order valence-corrected chi connectivity index (χ1v) is 3.46. The van der Waals surface area contributed by atoms with Crippen LogP contribution in [0.5, 0.6) is 0 Å². The zero-order valence-electron chi connectivity index (χ0n) is 7.33. The van der Waals surface area contributed by atoms with Gasteiger partial charge in [-0.2, -0.15) is 0 Å². The fraction of sp³-hybridized carbons (Fsp3) is 0.571. The van der Waals surface area contributed by atoms with E-state index in [2.05, 4.69) is 4.74 Å². The van der Waals surface area contributed by atoms with Crippen molar-refractivity contribution in [3.8, 4) is 0 Å². The minimum atomic E-state index is -2.68. The first-order valence-electron chi connectivity index (χ1n) is 3.46. The summed E-state index contributed by atoms with van der Waals surface area (Å²) in [7, 11) is 3.13. The number of carboxylic acids is 1. The van der Waals surface area contributed by atoms with Crippen LogP contribution in [0, 0.1) is 0 Å².